The Labute approximate surface area is 99.7 Å². The second kappa shape index (κ2) is 4.97. The molecular formula is C12H15N3O2. The second-order valence-electron chi connectivity index (χ2n) is 3.58. The van der Waals surface area contributed by atoms with Crippen LogP contribution in [0.2, 0.25) is 0 Å². The van der Waals surface area contributed by atoms with E-state index in [0.717, 1.165) is 5.69 Å². The number of hydrogen-bond acceptors (Lipinski definition) is 4. The van der Waals surface area contributed by atoms with Crippen molar-refractivity contribution < 1.29 is 9.84 Å². The number of nitrogens with zero attached hydrogens (tertiary/aromatic N) is 3. The molecule has 1 N–H and O–H groups in total. The van der Waals surface area contributed by atoms with Crippen molar-refractivity contribution in [1.82, 2.24) is 14.8 Å². The van der Waals surface area contributed by atoms with Gasteiger partial charge in [0.05, 0.1) is 18.5 Å². The van der Waals surface area contributed by atoms with Gasteiger partial charge in [-0.15, -0.1) is 0 Å². The molecule has 0 aromatic carbocycles. The normalized spacial score (nSPS) is 12.4. The van der Waals surface area contributed by atoms with E-state index in [0.29, 0.717) is 18.1 Å². The van der Waals surface area contributed by atoms with E-state index >= 15 is 0 Å². The monoisotopic (exact) mass is 233 g/mol. The van der Waals surface area contributed by atoms with Gasteiger partial charge in [-0.2, -0.15) is 5.10 Å². The van der Waals surface area contributed by atoms with Gasteiger partial charge in [0, 0.05) is 18.8 Å². The molecule has 0 fully saturated rings. The van der Waals surface area contributed by atoms with Crippen molar-refractivity contribution in [3.8, 4) is 5.88 Å². The summed E-state index contributed by atoms with van der Waals surface area (Å²) in [6, 6.07) is 7.10. The number of aliphatic hydroxyl groups is 1. The highest BCUT2D eigenvalue weighted by molar-refractivity contribution is 5.23. The summed E-state index contributed by atoms with van der Waals surface area (Å²) in [5.41, 5.74) is 1.29. The van der Waals surface area contributed by atoms with E-state index in [1.54, 1.807) is 42.3 Å². The highest BCUT2D eigenvalue weighted by Crippen LogP contribution is 2.21. The molecule has 0 saturated carbocycles. The van der Waals surface area contributed by atoms with Gasteiger partial charge in [-0.1, -0.05) is 6.07 Å². The van der Waals surface area contributed by atoms with E-state index < -0.39 is 6.10 Å². The molecule has 5 nitrogen and oxygen atoms in total. The fourth-order valence-electron chi connectivity index (χ4n) is 1.69. The summed E-state index contributed by atoms with van der Waals surface area (Å²) in [6.45, 7) is 2.69. The van der Waals surface area contributed by atoms with Crippen molar-refractivity contribution in [2.45, 2.75) is 19.6 Å². The molecule has 17 heavy (non-hydrogen) atoms. The molecule has 0 saturated heterocycles. The standard InChI is InChI=1S/C12H15N3O2/c1-3-15-10(7-8-13-15)12(16)9-5-4-6-11(14-9)17-2/h4-8,12,16H,3H2,1-2H3. The maximum atomic E-state index is 10.2. The number of pyridine rings is 1. The highest BCUT2D eigenvalue weighted by Gasteiger charge is 2.16. The van der Waals surface area contributed by atoms with E-state index in [4.69, 9.17) is 4.74 Å². The fraction of sp³-hybridized carbons (Fsp3) is 0.333. The van der Waals surface area contributed by atoms with Crippen molar-refractivity contribution >= 4 is 0 Å². The fourth-order valence-corrected chi connectivity index (χ4v) is 1.69. The molecule has 2 heterocycles. The predicted octanol–water partition coefficient (Wildman–Crippen LogP) is 1.39. The number of aryl methyl sites for hydroxylation is 1. The van der Waals surface area contributed by atoms with Crippen LogP contribution in [0.1, 0.15) is 24.4 Å². The molecule has 5 heteroatoms. The first-order valence-electron chi connectivity index (χ1n) is 5.47. The first kappa shape index (κ1) is 11.6. The molecule has 0 amide bonds. The number of hydrogen-bond donors (Lipinski definition) is 1. The van der Waals surface area contributed by atoms with Crippen LogP contribution in [0.25, 0.3) is 0 Å². The molecule has 2 aromatic heterocycles. The van der Waals surface area contributed by atoms with Crippen LogP contribution in [0.4, 0.5) is 0 Å². The lowest BCUT2D eigenvalue weighted by molar-refractivity contribution is 0.202. The Bertz CT molecular complexity index is 496. The third-order valence-corrected chi connectivity index (χ3v) is 2.56. The molecular weight excluding hydrogens is 218 g/mol. The minimum atomic E-state index is -0.785. The van der Waals surface area contributed by atoms with Crippen LogP contribution >= 0.6 is 0 Å². The second-order valence-corrected chi connectivity index (χ2v) is 3.58. The van der Waals surface area contributed by atoms with E-state index in [1.807, 2.05) is 6.92 Å². The summed E-state index contributed by atoms with van der Waals surface area (Å²) in [6.07, 6.45) is 0.884. The summed E-state index contributed by atoms with van der Waals surface area (Å²) >= 11 is 0. The molecule has 2 rings (SSSR count). The SMILES string of the molecule is CCn1nccc1C(O)c1cccc(OC)n1. The summed E-state index contributed by atoms with van der Waals surface area (Å²) < 4.78 is 6.78. The molecule has 0 spiro atoms. The average Bonchev–Trinajstić information content (AvgIpc) is 2.86. The van der Waals surface area contributed by atoms with Gasteiger partial charge in [-0.05, 0) is 19.1 Å². The molecule has 90 valence electrons. The lowest BCUT2D eigenvalue weighted by Crippen LogP contribution is -2.10. The predicted molar refractivity (Wildman–Crippen MR) is 62.8 cm³/mol. The van der Waals surface area contributed by atoms with Crippen molar-refractivity contribution in [2.24, 2.45) is 0 Å². The zero-order chi connectivity index (χ0) is 12.3. The highest BCUT2D eigenvalue weighted by atomic mass is 16.5. The maximum absolute atomic E-state index is 10.2. The van der Waals surface area contributed by atoms with Gasteiger partial charge in [-0.3, -0.25) is 4.68 Å². The zero-order valence-electron chi connectivity index (χ0n) is 9.87. The Balaban J connectivity index is 2.33. The number of aliphatic hydroxyl groups excluding tert-OH is 1. The third-order valence-electron chi connectivity index (χ3n) is 2.56. The zero-order valence-corrected chi connectivity index (χ0v) is 9.87. The van der Waals surface area contributed by atoms with Crippen LogP contribution < -0.4 is 4.74 Å². The van der Waals surface area contributed by atoms with Gasteiger partial charge in [0.1, 0.15) is 6.10 Å². The van der Waals surface area contributed by atoms with Crippen LogP contribution in [-0.2, 0) is 6.54 Å². The number of methoxy groups -OCH3 is 1. The van der Waals surface area contributed by atoms with Gasteiger partial charge >= 0.3 is 0 Å². The van der Waals surface area contributed by atoms with E-state index in [1.165, 1.54) is 0 Å². The largest absolute Gasteiger partial charge is 0.481 e. The van der Waals surface area contributed by atoms with Crippen molar-refractivity contribution in [3.63, 3.8) is 0 Å². The Morgan fingerprint density at radius 2 is 2.24 bits per heavy atom. The number of rotatable bonds is 4. The van der Waals surface area contributed by atoms with E-state index in [9.17, 15) is 5.11 Å². The Morgan fingerprint density at radius 3 is 2.94 bits per heavy atom. The molecule has 0 aliphatic heterocycles. The van der Waals surface area contributed by atoms with E-state index in [2.05, 4.69) is 10.1 Å². The minimum absolute atomic E-state index is 0.490. The summed E-state index contributed by atoms with van der Waals surface area (Å²) in [5, 5.41) is 14.4. The first-order chi connectivity index (χ1) is 8.26. The van der Waals surface area contributed by atoms with E-state index in [-0.39, 0.29) is 0 Å². The first-order valence-corrected chi connectivity index (χ1v) is 5.47. The smallest absolute Gasteiger partial charge is 0.213 e. The van der Waals surface area contributed by atoms with Crippen molar-refractivity contribution in [2.75, 3.05) is 7.11 Å². The Hall–Kier alpha value is -1.88. The summed E-state index contributed by atoms with van der Waals surface area (Å²) in [7, 11) is 1.55. The van der Waals surface area contributed by atoms with Gasteiger partial charge in [-0.25, -0.2) is 4.98 Å². The summed E-state index contributed by atoms with van der Waals surface area (Å²) in [4.78, 5) is 4.21. The van der Waals surface area contributed by atoms with Crippen LogP contribution in [-0.4, -0.2) is 27.0 Å². The van der Waals surface area contributed by atoms with Crippen LogP contribution in [0.15, 0.2) is 30.5 Å². The quantitative estimate of drug-likeness (QED) is 0.866. The molecule has 1 atom stereocenters. The maximum Gasteiger partial charge on any atom is 0.213 e. The number of ether oxygens (including phenoxy) is 1. The van der Waals surface area contributed by atoms with Crippen LogP contribution in [0, 0.1) is 0 Å². The number of aromatic nitrogens is 3. The molecule has 2 aromatic rings. The molecule has 0 aliphatic carbocycles. The topological polar surface area (TPSA) is 60.2 Å². The Kier molecular flexibility index (Phi) is 3.39. The van der Waals surface area contributed by atoms with Gasteiger partial charge in [0.15, 0.2) is 0 Å². The molecule has 0 radical (unpaired) electrons. The van der Waals surface area contributed by atoms with Gasteiger partial charge in [0.2, 0.25) is 5.88 Å². The van der Waals surface area contributed by atoms with Crippen LogP contribution in [0.5, 0.6) is 5.88 Å². The molecule has 0 bridgehead atoms. The van der Waals surface area contributed by atoms with Crippen molar-refractivity contribution in [3.05, 3.63) is 41.9 Å². The molecule has 1 unspecified atom stereocenters. The van der Waals surface area contributed by atoms with Gasteiger partial charge in [0.25, 0.3) is 0 Å². The lowest BCUT2D eigenvalue weighted by Gasteiger charge is -2.12. The minimum Gasteiger partial charge on any atom is -0.481 e. The van der Waals surface area contributed by atoms with Crippen LogP contribution in [0.3, 0.4) is 0 Å². The lowest BCUT2D eigenvalue weighted by atomic mass is 10.1. The van der Waals surface area contributed by atoms with Gasteiger partial charge < -0.3 is 9.84 Å². The van der Waals surface area contributed by atoms with Crippen molar-refractivity contribution in [1.29, 1.82) is 0 Å². The third kappa shape index (κ3) is 2.29. The molecule has 0 aliphatic rings. The summed E-state index contributed by atoms with van der Waals surface area (Å²) in [5.74, 6) is 0.490. The average molecular weight is 233 g/mol. The Morgan fingerprint density at radius 1 is 1.41 bits per heavy atom.